The summed E-state index contributed by atoms with van der Waals surface area (Å²) >= 11 is 0. The Bertz CT molecular complexity index is 487. The number of likely N-dealkylation sites (N-methyl/N-ethyl adjacent to an activating group) is 1. The minimum absolute atomic E-state index is 0.261. The molecule has 0 spiro atoms. The van der Waals surface area contributed by atoms with Gasteiger partial charge in [-0.25, -0.2) is 0 Å². The molecule has 1 fully saturated rings. The van der Waals surface area contributed by atoms with E-state index in [0.29, 0.717) is 12.6 Å². The molecule has 1 unspecified atom stereocenters. The van der Waals surface area contributed by atoms with Crippen molar-refractivity contribution in [3.8, 4) is 0 Å². The van der Waals surface area contributed by atoms with Crippen LogP contribution in [0.3, 0.4) is 0 Å². The van der Waals surface area contributed by atoms with Crippen molar-refractivity contribution in [1.82, 2.24) is 9.80 Å². The van der Waals surface area contributed by atoms with Crippen molar-refractivity contribution in [3.63, 3.8) is 0 Å². The number of hydrogen-bond donors (Lipinski definition) is 0. The number of aryl methyl sites for hydroxylation is 3. The lowest BCUT2D eigenvalue weighted by Gasteiger charge is -2.37. The van der Waals surface area contributed by atoms with E-state index in [4.69, 9.17) is 0 Å². The van der Waals surface area contributed by atoms with Crippen LogP contribution in [0.25, 0.3) is 0 Å². The van der Waals surface area contributed by atoms with Crippen LogP contribution in [0.4, 0.5) is 0 Å². The fourth-order valence-corrected chi connectivity index (χ4v) is 3.17. The predicted molar refractivity (Wildman–Crippen MR) is 83.5 cm³/mol. The van der Waals surface area contributed by atoms with Crippen molar-refractivity contribution in [3.05, 3.63) is 34.4 Å². The third kappa shape index (κ3) is 3.28. The molecule has 0 radical (unpaired) electrons. The lowest BCUT2D eigenvalue weighted by Crippen LogP contribution is -2.51. The zero-order valence-corrected chi connectivity index (χ0v) is 13.4. The summed E-state index contributed by atoms with van der Waals surface area (Å²) in [5.41, 5.74) is 4.36. The molecule has 1 saturated heterocycles. The Balaban J connectivity index is 2.09. The molecule has 0 N–H and O–H groups in total. The number of hydrogen-bond acceptors (Lipinski definition) is 3. The molecule has 0 aliphatic carbocycles. The van der Waals surface area contributed by atoms with Crippen LogP contribution in [0, 0.1) is 20.8 Å². The highest BCUT2D eigenvalue weighted by molar-refractivity contribution is 6.00. The second-order valence-electron chi connectivity index (χ2n) is 6.26. The summed E-state index contributed by atoms with van der Waals surface area (Å²) in [6, 6.07) is 4.73. The van der Waals surface area contributed by atoms with Crippen LogP contribution in [0.1, 0.15) is 34.0 Å². The van der Waals surface area contributed by atoms with E-state index in [9.17, 15) is 4.79 Å². The van der Waals surface area contributed by atoms with E-state index >= 15 is 0 Å². The molecule has 1 atom stereocenters. The largest absolute Gasteiger partial charge is 0.301 e. The maximum atomic E-state index is 12.6. The standard InChI is InChI=1S/C17H26N2O/c1-12-8-13(2)17(14(3)9-12)16(20)11-19-7-6-18(5)15(4)10-19/h8-9,15H,6-7,10-11H2,1-5H3. The Labute approximate surface area is 122 Å². The number of piperazine rings is 1. The summed E-state index contributed by atoms with van der Waals surface area (Å²) in [6.07, 6.45) is 0. The van der Waals surface area contributed by atoms with Crippen LogP contribution >= 0.6 is 0 Å². The van der Waals surface area contributed by atoms with Crippen molar-refractivity contribution in [2.45, 2.75) is 33.7 Å². The molecule has 0 amide bonds. The number of benzene rings is 1. The van der Waals surface area contributed by atoms with Gasteiger partial charge in [0, 0.05) is 31.2 Å². The molecular weight excluding hydrogens is 248 g/mol. The van der Waals surface area contributed by atoms with Gasteiger partial charge < -0.3 is 4.90 Å². The lowest BCUT2D eigenvalue weighted by atomic mass is 9.96. The molecule has 1 heterocycles. The van der Waals surface area contributed by atoms with Gasteiger partial charge in [0.1, 0.15) is 0 Å². The third-order valence-corrected chi connectivity index (χ3v) is 4.37. The highest BCUT2D eigenvalue weighted by atomic mass is 16.1. The van der Waals surface area contributed by atoms with E-state index in [1.165, 1.54) is 5.56 Å². The fraction of sp³-hybridized carbons (Fsp3) is 0.588. The van der Waals surface area contributed by atoms with Crippen LogP contribution < -0.4 is 0 Å². The van der Waals surface area contributed by atoms with E-state index in [-0.39, 0.29) is 5.78 Å². The van der Waals surface area contributed by atoms with Gasteiger partial charge in [-0.3, -0.25) is 9.69 Å². The average molecular weight is 274 g/mol. The number of carbonyl (C=O) groups excluding carboxylic acids is 1. The Morgan fingerprint density at radius 2 is 1.80 bits per heavy atom. The molecule has 3 heteroatoms. The molecule has 1 aliphatic rings. The first-order chi connectivity index (χ1) is 9.38. The summed E-state index contributed by atoms with van der Waals surface area (Å²) in [6.45, 7) is 11.9. The number of ketones is 1. The highest BCUT2D eigenvalue weighted by Gasteiger charge is 2.23. The fourth-order valence-electron chi connectivity index (χ4n) is 3.17. The van der Waals surface area contributed by atoms with Gasteiger partial charge in [0.2, 0.25) is 0 Å². The molecule has 1 aromatic rings. The third-order valence-electron chi connectivity index (χ3n) is 4.37. The van der Waals surface area contributed by atoms with Gasteiger partial charge in [-0.05, 0) is 45.9 Å². The topological polar surface area (TPSA) is 23.6 Å². The highest BCUT2D eigenvalue weighted by Crippen LogP contribution is 2.18. The summed E-state index contributed by atoms with van der Waals surface area (Å²) in [5, 5.41) is 0. The quantitative estimate of drug-likeness (QED) is 0.791. The predicted octanol–water partition coefficient (Wildman–Crippen LogP) is 2.43. The molecule has 1 aromatic carbocycles. The smallest absolute Gasteiger partial charge is 0.177 e. The first-order valence-electron chi connectivity index (χ1n) is 7.42. The SMILES string of the molecule is Cc1cc(C)c(C(=O)CN2CCN(C)C(C)C2)c(C)c1. The van der Waals surface area contributed by atoms with Crippen molar-refractivity contribution in [2.75, 3.05) is 33.2 Å². The van der Waals surface area contributed by atoms with Gasteiger partial charge in [0.15, 0.2) is 5.78 Å². The maximum Gasteiger partial charge on any atom is 0.177 e. The van der Waals surface area contributed by atoms with Crippen molar-refractivity contribution in [2.24, 2.45) is 0 Å². The number of carbonyl (C=O) groups is 1. The van der Waals surface area contributed by atoms with Crippen LogP contribution in [0.15, 0.2) is 12.1 Å². The Morgan fingerprint density at radius 3 is 2.35 bits per heavy atom. The van der Waals surface area contributed by atoms with Crippen LogP contribution in [0.2, 0.25) is 0 Å². The maximum absolute atomic E-state index is 12.6. The molecular formula is C17H26N2O. The van der Waals surface area contributed by atoms with Crippen molar-refractivity contribution >= 4 is 5.78 Å². The minimum atomic E-state index is 0.261. The second kappa shape index (κ2) is 6.06. The molecule has 2 rings (SSSR count). The number of nitrogens with zero attached hydrogens (tertiary/aromatic N) is 2. The van der Waals surface area contributed by atoms with Gasteiger partial charge >= 0.3 is 0 Å². The summed E-state index contributed by atoms with van der Waals surface area (Å²) in [4.78, 5) is 17.2. The van der Waals surface area contributed by atoms with Crippen LogP contribution in [0.5, 0.6) is 0 Å². The Morgan fingerprint density at radius 1 is 1.20 bits per heavy atom. The first-order valence-corrected chi connectivity index (χ1v) is 7.42. The van der Waals surface area contributed by atoms with Gasteiger partial charge in [-0.2, -0.15) is 0 Å². The number of rotatable bonds is 3. The van der Waals surface area contributed by atoms with Gasteiger partial charge in [0.05, 0.1) is 6.54 Å². The van der Waals surface area contributed by atoms with E-state index in [1.807, 2.05) is 13.8 Å². The van der Waals surface area contributed by atoms with Crippen molar-refractivity contribution < 1.29 is 4.79 Å². The van der Waals surface area contributed by atoms with E-state index in [0.717, 1.165) is 36.3 Å². The summed E-state index contributed by atoms with van der Waals surface area (Å²) in [7, 11) is 2.15. The van der Waals surface area contributed by atoms with Crippen molar-refractivity contribution in [1.29, 1.82) is 0 Å². The first kappa shape index (κ1) is 15.2. The normalized spacial score (nSPS) is 21.1. The monoisotopic (exact) mass is 274 g/mol. The molecule has 110 valence electrons. The number of Topliss-reactive ketones (excluding diaryl/α,β-unsaturated/α-hetero) is 1. The second-order valence-corrected chi connectivity index (χ2v) is 6.26. The molecule has 0 saturated carbocycles. The Kier molecular flexibility index (Phi) is 4.61. The van der Waals surface area contributed by atoms with Crippen LogP contribution in [-0.2, 0) is 0 Å². The summed E-state index contributed by atoms with van der Waals surface area (Å²) in [5.74, 6) is 0.261. The minimum Gasteiger partial charge on any atom is -0.301 e. The zero-order chi connectivity index (χ0) is 14.9. The van der Waals surface area contributed by atoms with E-state index in [2.05, 4.69) is 42.8 Å². The molecule has 1 aliphatic heterocycles. The summed E-state index contributed by atoms with van der Waals surface area (Å²) < 4.78 is 0. The zero-order valence-electron chi connectivity index (χ0n) is 13.4. The lowest BCUT2D eigenvalue weighted by molar-refractivity contribution is 0.0785. The molecule has 3 nitrogen and oxygen atoms in total. The Hall–Kier alpha value is -1.19. The molecule has 20 heavy (non-hydrogen) atoms. The molecule has 0 aromatic heterocycles. The average Bonchev–Trinajstić information content (AvgIpc) is 2.32. The van der Waals surface area contributed by atoms with Crippen LogP contribution in [-0.4, -0.2) is 54.9 Å². The van der Waals surface area contributed by atoms with Gasteiger partial charge in [-0.1, -0.05) is 17.7 Å². The van der Waals surface area contributed by atoms with E-state index in [1.54, 1.807) is 0 Å². The van der Waals surface area contributed by atoms with Gasteiger partial charge in [-0.15, -0.1) is 0 Å². The van der Waals surface area contributed by atoms with Gasteiger partial charge in [0.25, 0.3) is 0 Å². The molecule has 0 bridgehead atoms. The van der Waals surface area contributed by atoms with E-state index < -0.39 is 0 Å².